The van der Waals surface area contributed by atoms with Crippen molar-refractivity contribution in [3.8, 4) is 17.6 Å². The number of aliphatic hydroxyl groups is 3. The number of nitrogens with zero attached hydrogens (tertiary/aromatic N) is 4. The van der Waals surface area contributed by atoms with Crippen molar-refractivity contribution in [1.82, 2.24) is 9.80 Å². The second kappa shape index (κ2) is 20.4. The third-order valence-electron chi connectivity index (χ3n) is 11.7. The topological polar surface area (TPSA) is 166 Å². The lowest BCUT2D eigenvalue weighted by Crippen LogP contribution is -2.70. The van der Waals surface area contributed by atoms with Crippen molar-refractivity contribution in [3.05, 3.63) is 83.5 Å². The van der Waals surface area contributed by atoms with Crippen LogP contribution >= 0.6 is 0 Å². The minimum atomic E-state index is -1.43. The number of allylic oxidation sites excluding steroid dienone is 1. The molecule has 2 aliphatic heterocycles. The van der Waals surface area contributed by atoms with Gasteiger partial charge in [-0.3, -0.25) is 9.69 Å². The maximum Gasteiger partial charge on any atom is 0.254 e. The molecular weight excluding hydrogens is 729 g/mol. The van der Waals surface area contributed by atoms with E-state index < -0.39 is 17.7 Å². The van der Waals surface area contributed by atoms with Gasteiger partial charge in [0.2, 0.25) is 5.79 Å². The minimum absolute atomic E-state index is 0.0734. The van der Waals surface area contributed by atoms with Crippen molar-refractivity contribution >= 4 is 11.6 Å². The second-order valence-corrected chi connectivity index (χ2v) is 15.2. The molecule has 57 heavy (non-hydrogen) atoms. The highest BCUT2D eigenvalue weighted by molar-refractivity contribution is 6.03. The number of carbonyl (C=O) groups is 1. The smallest absolute Gasteiger partial charge is 0.254 e. The Bertz CT molecular complexity index is 1760. The van der Waals surface area contributed by atoms with Crippen molar-refractivity contribution < 1.29 is 43.9 Å². The number of nitriles is 1. The van der Waals surface area contributed by atoms with Crippen LogP contribution in [0.4, 0.5) is 0 Å². The average Bonchev–Trinajstić information content (AvgIpc) is 4.06. The number of fused-ring (bicyclic) bond motifs is 2. The third-order valence-corrected chi connectivity index (χ3v) is 11.7. The predicted octanol–water partition coefficient (Wildman–Crippen LogP) is 4.67. The van der Waals surface area contributed by atoms with E-state index in [1.54, 1.807) is 35.2 Å². The first-order valence-electron chi connectivity index (χ1n) is 20.4. The quantitative estimate of drug-likeness (QED) is 0.0621. The van der Waals surface area contributed by atoms with E-state index in [1.165, 1.54) is 7.11 Å². The zero-order valence-corrected chi connectivity index (χ0v) is 33.1. The molecule has 0 radical (unpaired) electrons. The molecule has 13 heteroatoms. The number of hydrogen-bond donors (Lipinski definition) is 3. The molecule has 1 saturated carbocycles. The Morgan fingerprint density at radius 3 is 2.51 bits per heavy atom. The van der Waals surface area contributed by atoms with Gasteiger partial charge < -0.3 is 44.0 Å². The maximum atomic E-state index is 14.8. The molecule has 2 fully saturated rings. The standard InChI is InChI=1S/C44H58N4O9/c1-3-23-56-44-40(48(19-24-54-26-22-51)43(52)32-12-10-31(30-45)11-13-32)29-38(46-53-2)36-27-33(8-4-6-20-49)35(9-5-7-21-50)41(42(36)44)37-28-34(14-15-39(37)57-44)55-25-18-47-16-17-47/h3,10-15,27-28,33,35,40-42,49-51H,1,4-9,16-26,29H2,2H3/t33-,35+,40-,41+,42+,44+/m0/s1. The summed E-state index contributed by atoms with van der Waals surface area (Å²) in [5.74, 6) is -0.827. The number of unbranched alkanes of at least 4 members (excludes halogenated alkanes) is 2. The summed E-state index contributed by atoms with van der Waals surface area (Å²) in [7, 11) is 1.52. The number of rotatable bonds is 23. The molecule has 13 nitrogen and oxygen atoms in total. The second-order valence-electron chi connectivity index (χ2n) is 15.2. The number of benzene rings is 2. The SMILES string of the molecule is C=CCO[C@@]12Oc3ccc(OCCN4CC4)cc3[C@H]3[C@H](CCCCO)[C@@H](CCCCO)C=C(C(=NOC)C[C@@H]1N(CCOCCO)C(=O)c1ccc(C#N)cc1)[C@H]32. The Kier molecular flexibility index (Phi) is 15.2. The van der Waals surface area contributed by atoms with Crippen LogP contribution in [-0.2, 0) is 14.3 Å². The zero-order valence-electron chi connectivity index (χ0n) is 33.1. The van der Waals surface area contributed by atoms with Gasteiger partial charge in [-0.25, -0.2) is 0 Å². The Balaban J connectivity index is 1.54. The largest absolute Gasteiger partial charge is 0.492 e. The van der Waals surface area contributed by atoms with Crippen LogP contribution in [0.15, 0.2) is 71.9 Å². The lowest BCUT2D eigenvalue weighted by molar-refractivity contribution is -0.254. The molecule has 2 aromatic carbocycles. The molecule has 1 amide bonds. The van der Waals surface area contributed by atoms with E-state index in [1.807, 2.05) is 12.1 Å². The molecule has 2 heterocycles. The summed E-state index contributed by atoms with van der Waals surface area (Å²) in [5.41, 5.74) is 3.43. The minimum Gasteiger partial charge on any atom is -0.492 e. The number of aliphatic hydroxyl groups excluding tert-OH is 3. The monoisotopic (exact) mass is 786 g/mol. The van der Waals surface area contributed by atoms with Gasteiger partial charge in [0, 0.05) is 62.9 Å². The highest BCUT2D eigenvalue weighted by Gasteiger charge is 2.65. The Hall–Kier alpha value is -4.29. The van der Waals surface area contributed by atoms with E-state index in [4.69, 9.17) is 23.8 Å². The van der Waals surface area contributed by atoms with E-state index in [9.17, 15) is 25.4 Å². The molecule has 0 aromatic heterocycles. The fourth-order valence-corrected chi connectivity index (χ4v) is 9.02. The summed E-state index contributed by atoms with van der Waals surface area (Å²) in [5, 5.41) is 43.4. The van der Waals surface area contributed by atoms with Crippen LogP contribution in [0.3, 0.4) is 0 Å². The molecule has 0 spiro atoms. The normalized spacial score (nSPS) is 25.4. The molecule has 4 aliphatic rings. The van der Waals surface area contributed by atoms with Gasteiger partial charge in [0.05, 0.1) is 49.7 Å². The number of hydrogen-bond acceptors (Lipinski definition) is 12. The molecule has 0 unspecified atom stereocenters. The van der Waals surface area contributed by atoms with Gasteiger partial charge in [-0.2, -0.15) is 5.26 Å². The molecule has 6 rings (SSSR count). The number of carbonyl (C=O) groups excluding carboxylic acids is 1. The average molecular weight is 787 g/mol. The highest BCUT2D eigenvalue weighted by atomic mass is 16.7. The van der Waals surface area contributed by atoms with Gasteiger partial charge in [0.15, 0.2) is 0 Å². The Morgan fingerprint density at radius 1 is 1.05 bits per heavy atom. The van der Waals surface area contributed by atoms with Crippen LogP contribution in [0.2, 0.25) is 0 Å². The number of amides is 1. The van der Waals surface area contributed by atoms with Crippen LogP contribution in [-0.4, -0.2) is 128 Å². The van der Waals surface area contributed by atoms with Crippen LogP contribution < -0.4 is 9.47 Å². The van der Waals surface area contributed by atoms with Gasteiger partial charge >= 0.3 is 0 Å². The summed E-state index contributed by atoms with van der Waals surface area (Å²) in [6.45, 7) is 8.15. The summed E-state index contributed by atoms with van der Waals surface area (Å²) in [6, 6.07) is 13.9. The first kappa shape index (κ1) is 42.3. The van der Waals surface area contributed by atoms with Crippen molar-refractivity contribution in [2.45, 2.75) is 62.7 Å². The van der Waals surface area contributed by atoms with Crippen molar-refractivity contribution in [1.29, 1.82) is 5.26 Å². The third kappa shape index (κ3) is 9.71. The highest BCUT2D eigenvalue weighted by Crippen LogP contribution is 2.62. The zero-order chi connectivity index (χ0) is 40.2. The van der Waals surface area contributed by atoms with Gasteiger partial charge in [-0.15, -0.1) is 6.58 Å². The summed E-state index contributed by atoms with van der Waals surface area (Å²) in [6.07, 6.45) is 8.86. The summed E-state index contributed by atoms with van der Waals surface area (Å²) in [4.78, 5) is 24.4. The lowest BCUT2D eigenvalue weighted by atomic mass is 9.55. The van der Waals surface area contributed by atoms with Gasteiger partial charge in [0.1, 0.15) is 31.3 Å². The summed E-state index contributed by atoms with van der Waals surface area (Å²) >= 11 is 0. The molecule has 1 saturated heterocycles. The van der Waals surface area contributed by atoms with Crippen LogP contribution in [0.25, 0.3) is 0 Å². The van der Waals surface area contributed by atoms with E-state index in [0.29, 0.717) is 42.0 Å². The van der Waals surface area contributed by atoms with E-state index in [2.05, 4.69) is 34.8 Å². The van der Waals surface area contributed by atoms with E-state index in [-0.39, 0.29) is 76.3 Å². The van der Waals surface area contributed by atoms with Crippen LogP contribution in [0.1, 0.15) is 72.3 Å². The van der Waals surface area contributed by atoms with E-state index in [0.717, 1.165) is 62.2 Å². The van der Waals surface area contributed by atoms with Crippen LogP contribution in [0.5, 0.6) is 11.5 Å². The van der Waals surface area contributed by atoms with Crippen LogP contribution in [0, 0.1) is 29.1 Å². The molecule has 308 valence electrons. The van der Waals surface area contributed by atoms with Gasteiger partial charge in [-0.1, -0.05) is 30.1 Å². The maximum absolute atomic E-state index is 14.8. The molecular formula is C44H58N4O9. The first-order valence-corrected chi connectivity index (χ1v) is 20.4. The molecule has 3 N–H and O–H groups in total. The number of ether oxygens (including phenoxy) is 4. The Morgan fingerprint density at radius 2 is 1.82 bits per heavy atom. The molecule has 2 aliphatic carbocycles. The fraction of sp³-hybridized carbons (Fsp3) is 0.568. The van der Waals surface area contributed by atoms with Gasteiger partial charge in [0.25, 0.3) is 5.91 Å². The fourth-order valence-electron chi connectivity index (χ4n) is 9.02. The number of oxime groups is 1. The lowest BCUT2D eigenvalue weighted by Gasteiger charge is -2.60. The molecule has 0 bridgehead atoms. The van der Waals surface area contributed by atoms with Crippen molar-refractivity contribution in [3.63, 3.8) is 0 Å². The Labute approximate surface area is 336 Å². The van der Waals surface area contributed by atoms with Crippen molar-refractivity contribution in [2.75, 3.05) is 79.5 Å². The summed E-state index contributed by atoms with van der Waals surface area (Å²) < 4.78 is 26.4. The van der Waals surface area contributed by atoms with E-state index >= 15 is 0 Å². The first-order chi connectivity index (χ1) is 27.9. The molecule has 2 aromatic rings. The predicted molar refractivity (Wildman–Crippen MR) is 214 cm³/mol. The van der Waals surface area contributed by atoms with Crippen molar-refractivity contribution in [2.24, 2.45) is 22.9 Å². The molecule has 6 atom stereocenters. The van der Waals surface area contributed by atoms with Gasteiger partial charge in [-0.05, 0) is 85.6 Å².